The summed E-state index contributed by atoms with van der Waals surface area (Å²) in [6, 6.07) is 11.5. The van der Waals surface area contributed by atoms with Crippen LogP contribution in [0.25, 0.3) is 0 Å². The van der Waals surface area contributed by atoms with Gasteiger partial charge >= 0.3 is 5.97 Å². The number of carbonyl (C=O) groups is 2. The lowest BCUT2D eigenvalue weighted by molar-refractivity contribution is -0.123. The SMILES string of the molecule is CC(C)NS(=O)(=O)c1ccc(NC(=O)C(C)OC(=O)c2ccc(Cl)cc2)cc1. The van der Waals surface area contributed by atoms with Crippen molar-refractivity contribution in [1.29, 1.82) is 0 Å². The second kappa shape index (κ2) is 9.18. The zero-order chi connectivity index (χ0) is 20.9. The van der Waals surface area contributed by atoms with Crippen LogP contribution in [0.15, 0.2) is 53.4 Å². The lowest BCUT2D eigenvalue weighted by atomic mass is 10.2. The van der Waals surface area contributed by atoms with Gasteiger partial charge in [-0.3, -0.25) is 4.79 Å². The number of rotatable bonds is 7. The number of ether oxygens (including phenoxy) is 1. The van der Waals surface area contributed by atoms with Gasteiger partial charge in [0.1, 0.15) is 0 Å². The van der Waals surface area contributed by atoms with E-state index in [4.69, 9.17) is 16.3 Å². The van der Waals surface area contributed by atoms with Crippen molar-refractivity contribution in [3.8, 4) is 0 Å². The van der Waals surface area contributed by atoms with Gasteiger partial charge in [-0.2, -0.15) is 0 Å². The summed E-state index contributed by atoms with van der Waals surface area (Å²) in [5.74, 6) is -1.20. The summed E-state index contributed by atoms with van der Waals surface area (Å²) in [6.07, 6.45) is -1.05. The fourth-order valence-corrected chi connectivity index (χ4v) is 3.58. The zero-order valence-corrected chi connectivity index (χ0v) is 17.2. The number of benzene rings is 2. The van der Waals surface area contributed by atoms with Gasteiger partial charge in [-0.25, -0.2) is 17.9 Å². The predicted octanol–water partition coefficient (Wildman–Crippen LogP) is 3.21. The number of halogens is 1. The van der Waals surface area contributed by atoms with E-state index in [2.05, 4.69) is 10.0 Å². The summed E-state index contributed by atoms with van der Waals surface area (Å²) in [7, 11) is -3.61. The van der Waals surface area contributed by atoms with Crippen molar-refractivity contribution >= 4 is 39.2 Å². The molecule has 150 valence electrons. The normalized spacial score (nSPS) is 12.5. The fourth-order valence-electron chi connectivity index (χ4n) is 2.21. The van der Waals surface area contributed by atoms with Crippen LogP contribution >= 0.6 is 11.6 Å². The Kier molecular flexibility index (Phi) is 7.17. The van der Waals surface area contributed by atoms with E-state index in [-0.39, 0.29) is 16.5 Å². The number of sulfonamides is 1. The Bertz CT molecular complexity index is 941. The number of amides is 1. The Morgan fingerprint density at radius 2 is 1.54 bits per heavy atom. The highest BCUT2D eigenvalue weighted by Gasteiger charge is 2.20. The molecule has 0 aliphatic heterocycles. The van der Waals surface area contributed by atoms with Gasteiger partial charge in [-0.15, -0.1) is 0 Å². The van der Waals surface area contributed by atoms with Crippen LogP contribution in [0, 0.1) is 0 Å². The number of carbonyl (C=O) groups excluding carboxylic acids is 2. The second-order valence-electron chi connectivity index (χ2n) is 6.34. The van der Waals surface area contributed by atoms with E-state index in [1.165, 1.54) is 43.3 Å². The third kappa shape index (κ3) is 6.05. The number of hydrogen-bond acceptors (Lipinski definition) is 5. The standard InChI is InChI=1S/C19H21ClN2O5S/c1-12(2)22-28(25,26)17-10-8-16(9-11-17)21-18(23)13(3)27-19(24)14-4-6-15(20)7-5-14/h4-13,22H,1-3H3,(H,21,23). The fraction of sp³-hybridized carbons (Fsp3) is 0.263. The monoisotopic (exact) mass is 424 g/mol. The van der Waals surface area contributed by atoms with E-state index in [1.54, 1.807) is 26.0 Å². The van der Waals surface area contributed by atoms with Crippen molar-refractivity contribution in [3.05, 3.63) is 59.1 Å². The maximum atomic E-state index is 12.2. The van der Waals surface area contributed by atoms with Gasteiger partial charge in [0.2, 0.25) is 10.0 Å². The largest absolute Gasteiger partial charge is 0.449 e. The van der Waals surface area contributed by atoms with Crippen molar-refractivity contribution < 1.29 is 22.7 Å². The average molecular weight is 425 g/mol. The maximum absolute atomic E-state index is 12.2. The summed E-state index contributed by atoms with van der Waals surface area (Å²) in [5.41, 5.74) is 0.652. The molecule has 7 nitrogen and oxygen atoms in total. The Morgan fingerprint density at radius 3 is 2.07 bits per heavy atom. The predicted molar refractivity (Wildman–Crippen MR) is 107 cm³/mol. The highest BCUT2D eigenvalue weighted by Crippen LogP contribution is 2.16. The van der Waals surface area contributed by atoms with Gasteiger partial charge in [-0.05, 0) is 69.3 Å². The molecule has 0 saturated carbocycles. The molecule has 0 radical (unpaired) electrons. The quantitative estimate of drug-likeness (QED) is 0.664. The Morgan fingerprint density at radius 1 is 0.964 bits per heavy atom. The molecule has 0 spiro atoms. The molecule has 1 atom stereocenters. The molecular formula is C19H21ClN2O5S. The summed E-state index contributed by atoms with van der Waals surface area (Å²) < 4.78 is 31.8. The second-order valence-corrected chi connectivity index (χ2v) is 8.49. The molecule has 2 N–H and O–H groups in total. The Balaban J connectivity index is 1.98. The number of esters is 1. The number of nitrogens with one attached hydrogen (secondary N) is 2. The third-order valence-corrected chi connectivity index (χ3v) is 5.48. The van der Waals surface area contributed by atoms with Crippen LogP contribution in [0.4, 0.5) is 5.69 Å². The van der Waals surface area contributed by atoms with Crippen molar-refractivity contribution in [2.45, 2.75) is 37.8 Å². The van der Waals surface area contributed by atoms with E-state index in [9.17, 15) is 18.0 Å². The molecule has 0 aliphatic rings. The van der Waals surface area contributed by atoms with E-state index in [0.29, 0.717) is 10.7 Å². The van der Waals surface area contributed by atoms with Crippen molar-refractivity contribution in [1.82, 2.24) is 4.72 Å². The van der Waals surface area contributed by atoms with E-state index >= 15 is 0 Å². The van der Waals surface area contributed by atoms with Crippen LogP contribution in [-0.4, -0.2) is 32.4 Å². The minimum Gasteiger partial charge on any atom is -0.449 e. The summed E-state index contributed by atoms with van der Waals surface area (Å²) in [6.45, 7) is 4.88. The van der Waals surface area contributed by atoms with Crippen LogP contribution in [-0.2, 0) is 19.6 Å². The molecule has 0 aliphatic carbocycles. The van der Waals surface area contributed by atoms with Crippen molar-refractivity contribution in [2.75, 3.05) is 5.32 Å². The molecule has 2 aromatic carbocycles. The van der Waals surface area contributed by atoms with Gasteiger partial charge in [0.15, 0.2) is 6.10 Å². The number of hydrogen-bond donors (Lipinski definition) is 2. The first-order valence-electron chi connectivity index (χ1n) is 8.48. The Labute approximate surface area is 169 Å². The van der Waals surface area contributed by atoms with E-state index in [1.807, 2.05) is 0 Å². The molecular weight excluding hydrogens is 404 g/mol. The molecule has 1 amide bonds. The van der Waals surface area contributed by atoms with Crippen molar-refractivity contribution in [3.63, 3.8) is 0 Å². The van der Waals surface area contributed by atoms with Gasteiger partial charge in [-0.1, -0.05) is 11.6 Å². The molecule has 2 rings (SSSR count). The smallest absolute Gasteiger partial charge is 0.338 e. The van der Waals surface area contributed by atoms with Gasteiger partial charge < -0.3 is 10.1 Å². The van der Waals surface area contributed by atoms with E-state index in [0.717, 1.165) is 0 Å². The molecule has 0 bridgehead atoms. The molecule has 0 aromatic heterocycles. The molecule has 0 fully saturated rings. The number of anilines is 1. The van der Waals surface area contributed by atoms with Gasteiger partial charge in [0.05, 0.1) is 10.5 Å². The highest BCUT2D eigenvalue weighted by atomic mass is 35.5. The topological polar surface area (TPSA) is 102 Å². The molecule has 28 heavy (non-hydrogen) atoms. The Hall–Kier alpha value is -2.42. The lowest BCUT2D eigenvalue weighted by Crippen LogP contribution is -2.30. The van der Waals surface area contributed by atoms with Gasteiger partial charge in [0.25, 0.3) is 5.91 Å². The molecule has 1 unspecified atom stereocenters. The van der Waals surface area contributed by atoms with E-state index < -0.39 is 28.0 Å². The lowest BCUT2D eigenvalue weighted by Gasteiger charge is -2.14. The van der Waals surface area contributed by atoms with Crippen LogP contribution in [0.1, 0.15) is 31.1 Å². The molecule has 0 saturated heterocycles. The maximum Gasteiger partial charge on any atom is 0.338 e. The van der Waals surface area contributed by atoms with Gasteiger partial charge in [0, 0.05) is 16.8 Å². The first-order valence-corrected chi connectivity index (χ1v) is 10.3. The summed E-state index contributed by atoms with van der Waals surface area (Å²) in [5, 5.41) is 3.06. The molecule has 9 heteroatoms. The minimum absolute atomic E-state index is 0.0846. The third-order valence-electron chi connectivity index (χ3n) is 3.56. The first kappa shape index (κ1) is 21.9. The minimum atomic E-state index is -3.61. The van der Waals surface area contributed by atoms with Crippen LogP contribution < -0.4 is 10.0 Å². The van der Waals surface area contributed by atoms with Crippen LogP contribution in [0.2, 0.25) is 5.02 Å². The highest BCUT2D eigenvalue weighted by molar-refractivity contribution is 7.89. The zero-order valence-electron chi connectivity index (χ0n) is 15.6. The summed E-state index contributed by atoms with van der Waals surface area (Å²) >= 11 is 5.77. The summed E-state index contributed by atoms with van der Waals surface area (Å²) in [4.78, 5) is 24.4. The first-order chi connectivity index (χ1) is 13.1. The van der Waals surface area contributed by atoms with Crippen LogP contribution in [0.3, 0.4) is 0 Å². The average Bonchev–Trinajstić information content (AvgIpc) is 2.61. The molecule has 0 heterocycles. The van der Waals surface area contributed by atoms with Crippen molar-refractivity contribution in [2.24, 2.45) is 0 Å². The molecule has 2 aromatic rings. The van der Waals surface area contributed by atoms with Crippen LogP contribution in [0.5, 0.6) is 0 Å².